The van der Waals surface area contributed by atoms with Gasteiger partial charge in [-0.3, -0.25) is 4.98 Å². The molecule has 0 amide bonds. The molecule has 1 aliphatic heterocycles. The zero-order valence-electron chi connectivity index (χ0n) is 9.64. The van der Waals surface area contributed by atoms with E-state index >= 15 is 0 Å². The van der Waals surface area contributed by atoms with Gasteiger partial charge in [-0.05, 0) is 24.0 Å². The Hall–Kier alpha value is -1.31. The van der Waals surface area contributed by atoms with Gasteiger partial charge in [0.05, 0.1) is 6.04 Å². The van der Waals surface area contributed by atoms with Gasteiger partial charge < -0.3 is 4.90 Å². The number of nitrogens with zero attached hydrogens (tertiary/aromatic N) is 2. The Kier molecular flexibility index (Phi) is 2.76. The summed E-state index contributed by atoms with van der Waals surface area (Å²) in [7, 11) is 2.18. The summed E-state index contributed by atoms with van der Waals surface area (Å²) in [5.74, 6) is 0.608. The van der Waals surface area contributed by atoms with E-state index in [1.807, 2.05) is 18.5 Å². The highest BCUT2D eigenvalue weighted by atomic mass is 15.2. The van der Waals surface area contributed by atoms with E-state index < -0.39 is 0 Å². The molecule has 1 aliphatic rings. The molecule has 0 spiro atoms. The molecule has 0 aliphatic carbocycles. The Morgan fingerprint density at radius 2 is 2.27 bits per heavy atom. The molecule has 0 fully saturated rings. The van der Waals surface area contributed by atoms with Crippen LogP contribution in [0.4, 0.5) is 0 Å². The van der Waals surface area contributed by atoms with Gasteiger partial charge in [-0.1, -0.05) is 26.0 Å². The molecule has 1 aromatic rings. The van der Waals surface area contributed by atoms with Crippen LogP contribution in [0.2, 0.25) is 0 Å². The number of aromatic nitrogens is 1. The first kappa shape index (κ1) is 10.2. The summed E-state index contributed by atoms with van der Waals surface area (Å²) < 4.78 is 0. The third kappa shape index (κ3) is 1.89. The standard InChI is InChI=1S/C13H18N2/c1-10(2)12-6-7-13(15(12)3)11-5-4-8-14-9-11/h4-6,8-10,13H,7H2,1-3H3. The van der Waals surface area contributed by atoms with Crippen LogP contribution >= 0.6 is 0 Å². The van der Waals surface area contributed by atoms with Crippen molar-refractivity contribution in [3.05, 3.63) is 41.9 Å². The molecular formula is C13H18N2. The van der Waals surface area contributed by atoms with Crippen LogP contribution in [0.1, 0.15) is 31.9 Å². The molecule has 80 valence electrons. The summed E-state index contributed by atoms with van der Waals surface area (Å²) >= 11 is 0. The fourth-order valence-electron chi connectivity index (χ4n) is 2.29. The Morgan fingerprint density at radius 3 is 2.80 bits per heavy atom. The van der Waals surface area contributed by atoms with Crippen LogP contribution < -0.4 is 0 Å². The average molecular weight is 202 g/mol. The van der Waals surface area contributed by atoms with Gasteiger partial charge >= 0.3 is 0 Å². The molecule has 1 aromatic heterocycles. The van der Waals surface area contributed by atoms with Crippen LogP contribution in [-0.2, 0) is 0 Å². The highest BCUT2D eigenvalue weighted by Gasteiger charge is 2.25. The highest BCUT2D eigenvalue weighted by molar-refractivity contribution is 5.23. The van der Waals surface area contributed by atoms with Crippen molar-refractivity contribution in [3.8, 4) is 0 Å². The van der Waals surface area contributed by atoms with Crippen LogP contribution in [-0.4, -0.2) is 16.9 Å². The number of hydrogen-bond acceptors (Lipinski definition) is 2. The topological polar surface area (TPSA) is 16.1 Å². The second-order valence-corrected chi connectivity index (χ2v) is 4.43. The SMILES string of the molecule is CC(C)C1=CCC(c2cccnc2)N1C. The van der Waals surface area contributed by atoms with Crippen molar-refractivity contribution in [1.29, 1.82) is 0 Å². The molecule has 0 radical (unpaired) electrons. The Labute approximate surface area is 91.6 Å². The molecule has 2 heteroatoms. The largest absolute Gasteiger partial charge is 0.371 e. The Morgan fingerprint density at radius 1 is 1.47 bits per heavy atom. The van der Waals surface area contributed by atoms with Crippen LogP contribution in [0, 0.1) is 5.92 Å². The first-order chi connectivity index (χ1) is 7.20. The van der Waals surface area contributed by atoms with Gasteiger partial charge in [0, 0.05) is 25.1 Å². The van der Waals surface area contributed by atoms with E-state index in [0.29, 0.717) is 12.0 Å². The van der Waals surface area contributed by atoms with Gasteiger partial charge in [-0.2, -0.15) is 0 Å². The Bertz CT molecular complexity index is 354. The quantitative estimate of drug-likeness (QED) is 0.733. The molecule has 0 N–H and O–H groups in total. The summed E-state index contributed by atoms with van der Waals surface area (Å²) in [5, 5.41) is 0. The highest BCUT2D eigenvalue weighted by Crippen LogP contribution is 2.35. The second-order valence-electron chi connectivity index (χ2n) is 4.43. The van der Waals surface area contributed by atoms with Crippen LogP contribution in [0.3, 0.4) is 0 Å². The van der Waals surface area contributed by atoms with Gasteiger partial charge in [-0.25, -0.2) is 0 Å². The molecule has 0 aromatic carbocycles. The molecule has 0 bridgehead atoms. The Balaban J connectivity index is 2.17. The summed E-state index contributed by atoms with van der Waals surface area (Å²) in [6, 6.07) is 4.65. The van der Waals surface area contributed by atoms with Crippen molar-refractivity contribution in [3.63, 3.8) is 0 Å². The van der Waals surface area contributed by atoms with Crippen LogP contribution in [0.15, 0.2) is 36.3 Å². The molecule has 0 saturated heterocycles. The van der Waals surface area contributed by atoms with E-state index in [4.69, 9.17) is 0 Å². The molecule has 2 nitrogen and oxygen atoms in total. The van der Waals surface area contributed by atoms with E-state index in [9.17, 15) is 0 Å². The molecule has 1 atom stereocenters. The van der Waals surface area contributed by atoms with E-state index in [2.05, 4.69) is 42.9 Å². The number of allylic oxidation sites excluding steroid dienone is 1. The maximum absolute atomic E-state index is 4.18. The van der Waals surface area contributed by atoms with Crippen LogP contribution in [0.25, 0.3) is 0 Å². The number of hydrogen-bond donors (Lipinski definition) is 0. The monoisotopic (exact) mass is 202 g/mol. The van der Waals surface area contributed by atoms with Gasteiger partial charge in [0.1, 0.15) is 0 Å². The third-order valence-corrected chi connectivity index (χ3v) is 3.09. The lowest BCUT2D eigenvalue weighted by atomic mass is 10.1. The predicted molar refractivity (Wildman–Crippen MR) is 62.3 cm³/mol. The third-order valence-electron chi connectivity index (χ3n) is 3.09. The normalized spacial score (nSPS) is 20.9. The fourth-order valence-corrected chi connectivity index (χ4v) is 2.29. The summed E-state index contributed by atoms with van der Waals surface area (Å²) in [6.45, 7) is 4.49. The zero-order valence-corrected chi connectivity index (χ0v) is 9.64. The molecule has 1 unspecified atom stereocenters. The lowest BCUT2D eigenvalue weighted by Gasteiger charge is -2.27. The lowest BCUT2D eigenvalue weighted by molar-refractivity contribution is 0.314. The first-order valence-electron chi connectivity index (χ1n) is 5.53. The van der Waals surface area contributed by atoms with Gasteiger partial charge in [-0.15, -0.1) is 0 Å². The molecule has 2 heterocycles. The van der Waals surface area contributed by atoms with Crippen molar-refractivity contribution >= 4 is 0 Å². The fraction of sp³-hybridized carbons (Fsp3) is 0.462. The smallest absolute Gasteiger partial charge is 0.0586 e. The van der Waals surface area contributed by atoms with Gasteiger partial charge in [0.15, 0.2) is 0 Å². The summed E-state index contributed by atoms with van der Waals surface area (Å²) in [4.78, 5) is 6.56. The molecular weight excluding hydrogens is 184 g/mol. The number of rotatable bonds is 2. The zero-order chi connectivity index (χ0) is 10.8. The molecule has 2 rings (SSSR count). The minimum Gasteiger partial charge on any atom is -0.371 e. The van der Waals surface area contributed by atoms with Crippen LogP contribution in [0.5, 0.6) is 0 Å². The van der Waals surface area contributed by atoms with E-state index in [1.165, 1.54) is 11.3 Å². The van der Waals surface area contributed by atoms with E-state index in [0.717, 1.165) is 6.42 Å². The van der Waals surface area contributed by atoms with Crippen molar-refractivity contribution in [2.24, 2.45) is 5.92 Å². The summed E-state index contributed by atoms with van der Waals surface area (Å²) in [6.07, 6.45) is 7.26. The average Bonchev–Trinajstić information content (AvgIpc) is 2.61. The maximum Gasteiger partial charge on any atom is 0.0586 e. The lowest BCUT2D eigenvalue weighted by Crippen LogP contribution is -2.21. The predicted octanol–water partition coefficient (Wildman–Crippen LogP) is 3.00. The van der Waals surface area contributed by atoms with Gasteiger partial charge in [0.2, 0.25) is 0 Å². The minimum atomic E-state index is 0.482. The molecule has 0 saturated carbocycles. The number of pyridine rings is 1. The van der Waals surface area contributed by atoms with Crippen molar-refractivity contribution in [2.75, 3.05) is 7.05 Å². The minimum absolute atomic E-state index is 0.482. The maximum atomic E-state index is 4.18. The molecule has 15 heavy (non-hydrogen) atoms. The van der Waals surface area contributed by atoms with E-state index in [-0.39, 0.29) is 0 Å². The summed E-state index contributed by atoms with van der Waals surface area (Å²) in [5.41, 5.74) is 2.76. The van der Waals surface area contributed by atoms with Crippen molar-refractivity contribution in [2.45, 2.75) is 26.3 Å². The van der Waals surface area contributed by atoms with Crippen molar-refractivity contribution < 1.29 is 0 Å². The first-order valence-corrected chi connectivity index (χ1v) is 5.53. The second kappa shape index (κ2) is 4.05. The van der Waals surface area contributed by atoms with Gasteiger partial charge in [0.25, 0.3) is 0 Å². The van der Waals surface area contributed by atoms with E-state index in [1.54, 1.807) is 0 Å². The van der Waals surface area contributed by atoms with Crippen molar-refractivity contribution in [1.82, 2.24) is 9.88 Å².